The monoisotopic (exact) mass is 333 g/mol. The number of aromatic amines is 1. The van der Waals surface area contributed by atoms with E-state index in [9.17, 15) is 4.79 Å². The number of benzene rings is 1. The Morgan fingerprint density at radius 2 is 2.17 bits per heavy atom. The molecule has 2 aromatic rings. The molecule has 2 rings (SSSR count). The van der Waals surface area contributed by atoms with Crippen LogP contribution in [-0.4, -0.2) is 39.8 Å². The Balaban J connectivity index is 2.30. The molecular formula is C17H23N3O2S. The lowest BCUT2D eigenvalue weighted by Crippen LogP contribution is -2.41. The number of aromatic nitrogens is 1. The van der Waals surface area contributed by atoms with E-state index in [0.717, 1.165) is 23.0 Å². The van der Waals surface area contributed by atoms with Crippen LogP contribution >= 0.6 is 12.2 Å². The first kappa shape index (κ1) is 17.4. The van der Waals surface area contributed by atoms with Crippen LogP contribution in [-0.2, 0) is 6.54 Å². The number of H-pyrrole nitrogens is 1. The van der Waals surface area contributed by atoms with Gasteiger partial charge in [0.05, 0.1) is 6.54 Å². The third kappa shape index (κ3) is 4.53. The summed E-state index contributed by atoms with van der Waals surface area (Å²) in [5.41, 5.74) is 2.55. The lowest BCUT2D eigenvalue weighted by atomic mass is 10.1. The van der Waals surface area contributed by atoms with Crippen molar-refractivity contribution in [2.45, 2.75) is 26.8 Å². The van der Waals surface area contributed by atoms with Crippen LogP contribution < -0.4 is 10.9 Å². The van der Waals surface area contributed by atoms with E-state index >= 15 is 0 Å². The highest BCUT2D eigenvalue weighted by molar-refractivity contribution is 7.80. The van der Waals surface area contributed by atoms with Gasteiger partial charge >= 0.3 is 0 Å². The normalized spacial score (nSPS) is 10.7. The maximum absolute atomic E-state index is 12.3. The molecule has 5 nitrogen and oxygen atoms in total. The quantitative estimate of drug-likeness (QED) is 0.705. The van der Waals surface area contributed by atoms with Crippen molar-refractivity contribution in [3.63, 3.8) is 0 Å². The molecule has 6 heteroatoms. The largest absolute Gasteiger partial charge is 0.396 e. The van der Waals surface area contributed by atoms with Gasteiger partial charge in [0.2, 0.25) is 0 Å². The van der Waals surface area contributed by atoms with Crippen molar-refractivity contribution >= 4 is 28.2 Å². The Bertz CT molecular complexity index is 742. The highest BCUT2D eigenvalue weighted by atomic mass is 32.1. The summed E-state index contributed by atoms with van der Waals surface area (Å²) in [6.07, 6.45) is 0.607. The molecule has 0 fully saturated rings. The molecule has 0 bridgehead atoms. The van der Waals surface area contributed by atoms with Crippen molar-refractivity contribution in [2.75, 3.05) is 19.7 Å². The minimum absolute atomic E-state index is 0.0957. The zero-order valence-electron chi connectivity index (χ0n) is 13.6. The number of fused-ring (bicyclic) bond motifs is 1. The van der Waals surface area contributed by atoms with E-state index in [1.807, 2.05) is 36.9 Å². The van der Waals surface area contributed by atoms with Gasteiger partial charge in [-0.15, -0.1) is 0 Å². The topological polar surface area (TPSA) is 68.4 Å². The number of hydrogen-bond acceptors (Lipinski definition) is 3. The first-order valence-electron chi connectivity index (χ1n) is 7.81. The number of thiocarbonyl (C=S) groups is 1. The Hall–Kier alpha value is -1.92. The molecule has 0 aliphatic carbocycles. The molecule has 0 aliphatic rings. The van der Waals surface area contributed by atoms with Crippen LogP contribution in [0.5, 0.6) is 0 Å². The fourth-order valence-electron chi connectivity index (χ4n) is 2.47. The third-order valence-corrected chi connectivity index (χ3v) is 4.04. The molecule has 1 aromatic heterocycles. The van der Waals surface area contributed by atoms with Crippen LogP contribution in [0.15, 0.2) is 29.1 Å². The van der Waals surface area contributed by atoms with E-state index in [2.05, 4.69) is 16.4 Å². The van der Waals surface area contributed by atoms with Crippen LogP contribution in [0.3, 0.4) is 0 Å². The summed E-state index contributed by atoms with van der Waals surface area (Å²) in [6.45, 7) is 5.85. The van der Waals surface area contributed by atoms with Crippen molar-refractivity contribution in [1.29, 1.82) is 0 Å². The number of aliphatic hydroxyl groups excluding tert-OH is 1. The van der Waals surface area contributed by atoms with Gasteiger partial charge in [-0.05, 0) is 56.1 Å². The van der Waals surface area contributed by atoms with E-state index in [1.165, 1.54) is 0 Å². The van der Waals surface area contributed by atoms with Crippen molar-refractivity contribution < 1.29 is 5.11 Å². The minimum atomic E-state index is -0.102. The van der Waals surface area contributed by atoms with Crippen LogP contribution in [0.2, 0.25) is 0 Å². The SMILES string of the molecule is CCNC(=S)N(CCCO)Cc1cc2cc(C)ccc2[nH]c1=O. The molecule has 0 radical (unpaired) electrons. The highest BCUT2D eigenvalue weighted by Crippen LogP contribution is 2.14. The van der Waals surface area contributed by atoms with Gasteiger partial charge < -0.3 is 20.3 Å². The smallest absolute Gasteiger partial charge is 0.253 e. The highest BCUT2D eigenvalue weighted by Gasteiger charge is 2.12. The number of rotatable bonds is 6. The maximum atomic E-state index is 12.3. The Kier molecular flexibility index (Phi) is 6.12. The van der Waals surface area contributed by atoms with E-state index in [1.54, 1.807) is 0 Å². The van der Waals surface area contributed by atoms with Gasteiger partial charge in [-0.1, -0.05) is 11.6 Å². The van der Waals surface area contributed by atoms with E-state index in [0.29, 0.717) is 30.2 Å². The fraction of sp³-hybridized carbons (Fsp3) is 0.412. The molecule has 1 aromatic carbocycles. The van der Waals surface area contributed by atoms with E-state index in [-0.39, 0.29) is 12.2 Å². The predicted octanol–water partition coefficient (Wildman–Crippen LogP) is 1.92. The van der Waals surface area contributed by atoms with Crippen LogP contribution in [0.4, 0.5) is 0 Å². The lowest BCUT2D eigenvalue weighted by Gasteiger charge is -2.25. The molecule has 23 heavy (non-hydrogen) atoms. The summed E-state index contributed by atoms with van der Waals surface area (Å²) in [5, 5.41) is 13.8. The van der Waals surface area contributed by atoms with Gasteiger partial charge in [-0.3, -0.25) is 4.79 Å². The molecule has 0 unspecified atom stereocenters. The number of nitrogens with zero attached hydrogens (tertiary/aromatic N) is 1. The van der Waals surface area contributed by atoms with Gasteiger partial charge in [-0.25, -0.2) is 0 Å². The van der Waals surface area contributed by atoms with Crippen LogP contribution in [0.1, 0.15) is 24.5 Å². The van der Waals surface area contributed by atoms with E-state index in [4.69, 9.17) is 17.3 Å². The molecule has 0 saturated carbocycles. The summed E-state index contributed by atoms with van der Waals surface area (Å²) < 4.78 is 0. The average molecular weight is 333 g/mol. The summed E-state index contributed by atoms with van der Waals surface area (Å²) in [4.78, 5) is 17.2. The van der Waals surface area contributed by atoms with Crippen molar-refractivity contribution in [2.24, 2.45) is 0 Å². The first-order valence-corrected chi connectivity index (χ1v) is 8.22. The minimum Gasteiger partial charge on any atom is -0.396 e. The Morgan fingerprint density at radius 1 is 1.39 bits per heavy atom. The number of aryl methyl sites for hydroxylation is 1. The maximum Gasteiger partial charge on any atom is 0.253 e. The molecule has 0 atom stereocenters. The molecule has 124 valence electrons. The summed E-state index contributed by atoms with van der Waals surface area (Å²) in [7, 11) is 0. The van der Waals surface area contributed by atoms with Crippen molar-refractivity contribution in [1.82, 2.24) is 15.2 Å². The van der Waals surface area contributed by atoms with Gasteiger partial charge in [0.25, 0.3) is 5.56 Å². The summed E-state index contributed by atoms with van der Waals surface area (Å²) in [5.74, 6) is 0. The van der Waals surface area contributed by atoms with Crippen LogP contribution in [0.25, 0.3) is 10.9 Å². The molecule has 0 spiro atoms. The lowest BCUT2D eigenvalue weighted by molar-refractivity contribution is 0.264. The summed E-state index contributed by atoms with van der Waals surface area (Å²) in [6, 6.07) is 7.87. The van der Waals surface area contributed by atoms with Gasteiger partial charge in [0, 0.05) is 30.8 Å². The molecule has 0 aliphatic heterocycles. The predicted molar refractivity (Wildman–Crippen MR) is 97.7 cm³/mol. The second kappa shape index (κ2) is 8.08. The second-order valence-electron chi connectivity index (χ2n) is 5.55. The van der Waals surface area contributed by atoms with Crippen molar-refractivity contribution in [3.8, 4) is 0 Å². The first-order chi connectivity index (χ1) is 11.0. The number of hydrogen-bond donors (Lipinski definition) is 3. The molecule has 1 heterocycles. The number of aliphatic hydroxyl groups is 1. The molecular weight excluding hydrogens is 310 g/mol. The Morgan fingerprint density at radius 3 is 2.87 bits per heavy atom. The molecule has 0 saturated heterocycles. The third-order valence-electron chi connectivity index (χ3n) is 3.64. The zero-order chi connectivity index (χ0) is 16.8. The van der Waals surface area contributed by atoms with E-state index < -0.39 is 0 Å². The molecule has 3 N–H and O–H groups in total. The van der Waals surface area contributed by atoms with Crippen LogP contribution in [0, 0.1) is 6.92 Å². The average Bonchev–Trinajstić information content (AvgIpc) is 2.52. The van der Waals surface area contributed by atoms with Gasteiger partial charge in [0.1, 0.15) is 0 Å². The van der Waals surface area contributed by atoms with Crippen molar-refractivity contribution in [3.05, 3.63) is 45.7 Å². The number of pyridine rings is 1. The standard InChI is InChI=1S/C17H23N3O2S/c1-3-18-17(23)20(7-4-8-21)11-14-10-13-9-12(2)5-6-15(13)19-16(14)22/h5-6,9-10,21H,3-4,7-8,11H2,1-2H3,(H,18,23)(H,19,22). The second-order valence-corrected chi connectivity index (χ2v) is 5.94. The molecule has 0 amide bonds. The van der Waals surface area contributed by atoms with Gasteiger partial charge in [0.15, 0.2) is 5.11 Å². The zero-order valence-corrected chi connectivity index (χ0v) is 14.4. The van der Waals surface area contributed by atoms with Gasteiger partial charge in [-0.2, -0.15) is 0 Å². The fourth-order valence-corrected chi connectivity index (χ4v) is 2.77. The summed E-state index contributed by atoms with van der Waals surface area (Å²) >= 11 is 5.37. The number of nitrogens with one attached hydrogen (secondary N) is 2. The Labute approximate surface area is 141 Å².